The molecular formula is C42H48N8O6. The van der Waals surface area contributed by atoms with Crippen molar-refractivity contribution >= 4 is 34.8 Å². The SMILES string of the molecule is COC(=O)NC(C(=O)N1CCC[C@H]1c1ncc(C#Cc2cccc3c(C#Cc4cnc([C@@H]5CCCN5C(=O)[C@@H](NC(=O)OC)C(C)C)[nH]4)cccc23)[nH]1)C(C)C. The van der Waals surface area contributed by atoms with Gasteiger partial charge in [-0.15, -0.1) is 0 Å². The molecule has 0 saturated carbocycles. The second kappa shape index (κ2) is 17.5. The minimum Gasteiger partial charge on any atom is -0.453 e. The predicted molar refractivity (Wildman–Crippen MR) is 209 cm³/mol. The topological polar surface area (TPSA) is 175 Å². The van der Waals surface area contributed by atoms with Crippen molar-refractivity contribution < 1.29 is 28.7 Å². The van der Waals surface area contributed by atoms with Gasteiger partial charge in [-0.1, -0.05) is 63.8 Å². The lowest BCUT2D eigenvalue weighted by atomic mass is 10.0. The summed E-state index contributed by atoms with van der Waals surface area (Å²) < 4.78 is 9.49. The van der Waals surface area contributed by atoms with E-state index in [4.69, 9.17) is 9.47 Å². The van der Waals surface area contributed by atoms with Gasteiger partial charge in [0.05, 0.1) is 38.7 Å². The first-order valence-corrected chi connectivity index (χ1v) is 18.9. The van der Waals surface area contributed by atoms with Crippen LogP contribution in [0.15, 0.2) is 48.8 Å². The van der Waals surface area contributed by atoms with Crippen molar-refractivity contribution in [2.75, 3.05) is 27.3 Å². The Morgan fingerprint density at radius 1 is 0.679 bits per heavy atom. The molecule has 292 valence electrons. The van der Waals surface area contributed by atoms with Crippen molar-refractivity contribution in [1.82, 2.24) is 40.4 Å². The van der Waals surface area contributed by atoms with Crippen molar-refractivity contribution in [1.29, 1.82) is 0 Å². The lowest BCUT2D eigenvalue weighted by molar-refractivity contribution is -0.136. The molecule has 4 heterocycles. The van der Waals surface area contributed by atoms with Gasteiger partial charge in [0, 0.05) is 24.2 Å². The Kier molecular flexibility index (Phi) is 12.3. The van der Waals surface area contributed by atoms with E-state index in [0.717, 1.165) is 47.6 Å². The fourth-order valence-corrected chi connectivity index (χ4v) is 7.32. The number of aromatic nitrogens is 4. The molecule has 4 N–H and O–H groups in total. The number of carbonyl (C=O) groups excluding carboxylic acids is 4. The highest BCUT2D eigenvalue weighted by molar-refractivity contribution is 5.93. The molecule has 4 amide bonds. The number of nitrogens with one attached hydrogen (secondary N) is 4. The van der Waals surface area contributed by atoms with E-state index in [1.54, 1.807) is 22.2 Å². The first-order valence-electron chi connectivity index (χ1n) is 18.9. The largest absolute Gasteiger partial charge is 0.453 e. The Balaban J connectivity index is 1.17. The van der Waals surface area contributed by atoms with Crippen LogP contribution in [0.4, 0.5) is 9.59 Å². The first kappa shape index (κ1) is 39.4. The molecule has 2 aromatic heterocycles. The number of H-pyrrole nitrogens is 2. The number of imidazole rings is 2. The van der Waals surface area contributed by atoms with Crippen LogP contribution in [-0.2, 0) is 19.1 Å². The van der Waals surface area contributed by atoms with Gasteiger partial charge in [-0.05, 0) is 72.3 Å². The van der Waals surface area contributed by atoms with Crippen LogP contribution in [0, 0.1) is 35.5 Å². The van der Waals surface area contributed by atoms with E-state index in [2.05, 4.69) is 54.3 Å². The zero-order valence-corrected chi connectivity index (χ0v) is 32.6. The molecule has 2 aliphatic rings. The second-order valence-electron chi connectivity index (χ2n) is 14.7. The van der Waals surface area contributed by atoms with E-state index in [9.17, 15) is 19.2 Å². The molecular weight excluding hydrogens is 713 g/mol. The zero-order chi connectivity index (χ0) is 39.9. The Hall–Kier alpha value is -6.28. The molecule has 56 heavy (non-hydrogen) atoms. The number of hydrogen-bond acceptors (Lipinski definition) is 8. The molecule has 14 heteroatoms. The number of alkyl carbamates (subject to hydrolysis) is 2. The van der Waals surface area contributed by atoms with Gasteiger partial charge >= 0.3 is 12.2 Å². The van der Waals surface area contributed by atoms with Gasteiger partial charge in [0.25, 0.3) is 0 Å². The number of fused-ring (bicyclic) bond motifs is 1. The smallest absolute Gasteiger partial charge is 0.407 e. The minimum atomic E-state index is -0.711. The monoisotopic (exact) mass is 760 g/mol. The van der Waals surface area contributed by atoms with Crippen LogP contribution in [0.5, 0.6) is 0 Å². The third-order valence-electron chi connectivity index (χ3n) is 10.3. The maximum absolute atomic E-state index is 13.5. The van der Waals surface area contributed by atoms with Gasteiger partial charge in [0.1, 0.15) is 35.1 Å². The van der Waals surface area contributed by atoms with Crippen LogP contribution in [0.2, 0.25) is 0 Å². The molecule has 2 fully saturated rings. The molecule has 0 spiro atoms. The van der Waals surface area contributed by atoms with Crippen LogP contribution >= 0.6 is 0 Å². The number of amides is 4. The van der Waals surface area contributed by atoms with Crippen LogP contribution in [0.3, 0.4) is 0 Å². The Morgan fingerprint density at radius 3 is 1.46 bits per heavy atom. The molecule has 2 aromatic carbocycles. The maximum Gasteiger partial charge on any atom is 0.407 e. The van der Waals surface area contributed by atoms with E-state index in [1.165, 1.54) is 14.2 Å². The van der Waals surface area contributed by atoms with Crippen molar-refractivity contribution in [3.63, 3.8) is 0 Å². The van der Waals surface area contributed by atoms with Crippen LogP contribution < -0.4 is 10.6 Å². The molecule has 1 unspecified atom stereocenters. The van der Waals surface area contributed by atoms with Crippen molar-refractivity contribution in [3.8, 4) is 23.7 Å². The van der Waals surface area contributed by atoms with E-state index in [0.29, 0.717) is 36.1 Å². The number of nitrogens with zero attached hydrogens (tertiary/aromatic N) is 4. The lowest BCUT2D eigenvalue weighted by Crippen LogP contribution is -2.51. The third-order valence-corrected chi connectivity index (χ3v) is 10.3. The summed E-state index contributed by atoms with van der Waals surface area (Å²) in [7, 11) is 2.56. The molecule has 14 nitrogen and oxygen atoms in total. The average Bonchev–Trinajstić information content (AvgIpc) is 4.03. The molecule has 4 aromatic rings. The molecule has 0 radical (unpaired) electrons. The number of aromatic amines is 2. The third kappa shape index (κ3) is 8.65. The van der Waals surface area contributed by atoms with Crippen LogP contribution in [-0.4, -0.2) is 93.1 Å². The predicted octanol–water partition coefficient (Wildman–Crippen LogP) is 5.17. The summed E-state index contributed by atoms with van der Waals surface area (Å²) in [5, 5.41) is 7.25. The normalized spacial score (nSPS) is 17.5. The summed E-state index contributed by atoms with van der Waals surface area (Å²) in [5.74, 6) is 13.7. The molecule has 0 bridgehead atoms. The number of methoxy groups -OCH3 is 2. The summed E-state index contributed by atoms with van der Waals surface area (Å²) in [6.45, 7) is 8.67. The van der Waals surface area contributed by atoms with Gasteiger partial charge in [-0.25, -0.2) is 19.6 Å². The van der Waals surface area contributed by atoms with E-state index in [-0.39, 0.29) is 35.7 Å². The Bertz CT molecular complexity index is 2060. The molecule has 2 saturated heterocycles. The van der Waals surface area contributed by atoms with Crippen molar-refractivity contribution in [2.24, 2.45) is 11.8 Å². The highest BCUT2D eigenvalue weighted by Gasteiger charge is 2.38. The second-order valence-corrected chi connectivity index (χ2v) is 14.7. The van der Waals surface area contributed by atoms with Gasteiger partial charge in [-0.2, -0.15) is 0 Å². The number of benzene rings is 2. The fraction of sp³-hybridized carbons (Fsp3) is 0.429. The van der Waals surface area contributed by atoms with Gasteiger partial charge in [0.15, 0.2) is 0 Å². The average molecular weight is 761 g/mol. The summed E-state index contributed by atoms with van der Waals surface area (Å²) in [6.07, 6.45) is 5.21. The van der Waals surface area contributed by atoms with E-state index < -0.39 is 24.3 Å². The quantitative estimate of drug-likeness (QED) is 0.178. The summed E-state index contributed by atoms with van der Waals surface area (Å²) in [5.41, 5.74) is 2.89. The van der Waals surface area contributed by atoms with Gasteiger partial charge in [-0.3, -0.25) is 9.59 Å². The number of hydrogen-bond donors (Lipinski definition) is 4. The number of carbonyl (C=O) groups is 4. The highest BCUT2D eigenvalue weighted by Crippen LogP contribution is 2.33. The first-order chi connectivity index (χ1) is 27.0. The number of likely N-dealkylation sites (tertiary alicyclic amines) is 2. The molecule has 2 aliphatic heterocycles. The van der Waals surface area contributed by atoms with Crippen LogP contribution in [0.1, 0.15) is 99.6 Å². The summed E-state index contributed by atoms with van der Waals surface area (Å²) in [4.78, 5) is 70.3. The Labute approximate surface area is 326 Å². The number of ether oxygens (including phenoxy) is 2. The zero-order valence-electron chi connectivity index (χ0n) is 32.6. The minimum absolute atomic E-state index is 0.124. The van der Waals surface area contributed by atoms with Gasteiger partial charge < -0.3 is 39.9 Å². The molecule has 4 atom stereocenters. The summed E-state index contributed by atoms with van der Waals surface area (Å²) >= 11 is 0. The highest BCUT2D eigenvalue weighted by atomic mass is 16.5. The molecule has 6 rings (SSSR count). The van der Waals surface area contributed by atoms with Crippen molar-refractivity contribution in [2.45, 2.75) is 77.5 Å². The van der Waals surface area contributed by atoms with E-state index >= 15 is 0 Å². The fourth-order valence-electron chi connectivity index (χ4n) is 7.32. The van der Waals surface area contributed by atoms with E-state index in [1.807, 2.05) is 64.1 Å². The maximum atomic E-state index is 13.5. The molecule has 0 aliphatic carbocycles. The summed E-state index contributed by atoms with van der Waals surface area (Å²) in [6, 6.07) is 9.91. The van der Waals surface area contributed by atoms with Gasteiger partial charge in [0.2, 0.25) is 11.8 Å². The standard InChI is InChI=1S/C42H48N8O6/c1-25(2)35(47-41(53)55-5)39(51)49-21-9-15-33(49)37-43-23-29(45-37)19-17-27-11-7-14-32-28(12-8-13-31(27)32)18-20-30-24-44-38(46-30)34-16-10-22-50(34)40(52)36(26(3)4)48-42(54)56-6/h7-8,11-14,23-26,33-36H,9-10,15-16,21-22H2,1-6H3,(H,43,45)(H,44,46)(H,47,53)(H,48,54)/t33-,34-,35-,36?/m0/s1. The van der Waals surface area contributed by atoms with Crippen molar-refractivity contribution in [3.05, 3.63) is 83.0 Å². The Morgan fingerprint density at radius 2 is 1.09 bits per heavy atom. The van der Waals surface area contributed by atoms with Crippen LogP contribution in [0.25, 0.3) is 10.8 Å². The number of rotatable bonds is 8. The lowest BCUT2D eigenvalue weighted by Gasteiger charge is -2.29.